The number of carbonyl (C=O) groups excluding carboxylic acids is 2. The number of hydrogen-bond acceptors (Lipinski definition) is 3. The average molecular weight is 254 g/mol. The van der Waals surface area contributed by atoms with Crippen LogP contribution >= 0.6 is 11.6 Å². The predicted molar refractivity (Wildman–Crippen MR) is 66.8 cm³/mol. The minimum Gasteiger partial charge on any atom is -0.463 e. The second-order valence-corrected chi connectivity index (χ2v) is 3.52. The number of halogens is 1. The summed E-state index contributed by atoms with van der Waals surface area (Å²) in [6, 6.07) is 4.97. The highest BCUT2D eigenvalue weighted by molar-refractivity contribution is 6.31. The third kappa shape index (κ3) is 4.28. The maximum Gasteiger partial charge on any atom is 0.330 e. The summed E-state index contributed by atoms with van der Waals surface area (Å²) in [5.74, 6) is -0.431. The molecule has 1 aromatic rings. The number of nitrogens with one attached hydrogen (secondary N) is 1. The molecule has 0 heterocycles. The zero-order valence-electron chi connectivity index (χ0n) is 9.27. The van der Waals surface area contributed by atoms with E-state index in [1.165, 1.54) is 6.08 Å². The van der Waals surface area contributed by atoms with E-state index in [-0.39, 0.29) is 0 Å². The van der Waals surface area contributed by atoms with Gasteiger partial charge in [-0.3, -0.25) is 4.79 Å². The molecule has 4 nitrogen and oxygen atoms in total. The van der Waals surface area contributed by atoms with Gasteiger partial charge in [-0.25, -0.2) is 4.79 Å². The van der Waals surface area contributed by atoms with Gasteiger partial charge in [0.1, 0.15) is 0 Å². The highest BCUT2D eigenvalue weighted by atomic mass is 35.5. The van der Waals surface area contributed by atoms with Crippen molar-refractivity contribution in [2.24, 2.45) is 0 Å². The van der Waals surface area contributed by atoms with E-state index in [0.717, 1.165) is 0 Å². The lowest BCUT2D eigenvalue weighted by atomic mass is 10.1. The van der Waals surface area contributed by atoms with Crippen molar-refractivity contribution in [3.63, 3.8) is 0 Å². The van der Waals surface area contributed by atoms with Crippen molar-refractivity contribution in [3.8, 4) is 0 Å². The molecule has 1 N–H and O–H groups in total. The Morgan fingerprint density at radius 2 is 2.29 bits per heavy atom. The van der Waals surface area contributed by atoms with Crippen LogP contribution in [0.1, 0.15) is 12.5 Å². The van der Waals surface area contributed by atoms with Crippen LogP contribution in [-0.2, 0) is 14.3 Å². The SMILES string of the molecule is CCOC(=O)C=Cc1ccc(Cl)cc1NC=O. The van der Waals surface area contributed by atoms with Crippen LogP contribution in [0.5, 0.6) is 0 Å². The van der Waals surface area contributed by atoms with Crippen LogP contribution in [0.4, 0.5) is 5.69 Å². The summed E-state index contributed by atoms with van der Waals surface area (Å²) in [6.07, 6.45) is 3.40. The molecule has 0 saturated heterocycles. The quantitative estimate of drug-likeness (QED) is 0.498. The van der Waals surface area contributed by atoms with Crippen LogP contribution < -0.4 is 5.32 Å². The van der Waals surface area contributed by atoms with Gasteiger partial charge >= 0.3 is 5.97 Å². The number of benzene rings is 1. The lowest BCUT2D eigenvalue weighted by molar-refractivity contribution is -0.137. The van der Waals surface area contributed by atoms with Crippen molar-refractivity contribution >= 4 is 35.7 Å². The van der Waals surface area contributed by atoms with Crippen LogP contribution in [0.2, 0.25) is 5.02 Å². The Balaban J connectivity index is 2.89. The molecular formula is C12H12ClNO3. The largest absolute Gasteiger partial charge is 0.463 e. The maximum absolute atomic E-state index is 11.1. The lowest BCUT2D eigenvalue weighted by Gasteiger charge is -2.04. The first-order chi connectivity index (χ1) is 8.17. The molecule has 0 fully saturated rings. The van der Waals surface area contributed by atoms with E-state index in [0.29, 0.717) is 29.3 Å². The molecule has 0 aliphatic rings. The monoisotopic (exact) mass is 253 g/mol. The first-order valence-corrected chi connectivity index (χ1v) is 5.39. The van der Waals surface area contributed by atoms with Gasteiger partial charge in [0, 0.05) is 16.8 Å². The molecule has 0 spiro atoms. The van der Waals surface area contributed by atoms with E-state index >= 15 is 0 Å². The molecule has 90 valence electrons. The van der Waals surface area contributed by atoms with Gasteiger partial charge in [0.2, 0.25) is 6.41 Å². The second-order valence-electron chi connectivity index (χ2n) is 3.08. The zero-order chi connectivity index (χ0) is 12.7. The van der Waals surface area contributed by atoms with Crippen LogP contribution in [0, 0.1) is 0 Å². The number of rotatable bonds is 5. The zero-order valence-corrected chi connectivity index (χ0v) is 10.0. The van der Waals surface area contributed by atoms with E-state index in [1.54, 1.807) is 31.2 Å². The van der Waals surface area contributed by atoms with Crippen LogP contribution in [0.15, 0.2) is 24.3 Å². The van der Waals surface area contributed by atoms with E-state index in [4.69, 9.17) is 16.3 Å². The third-order valence-corrected chi connectivity index (χ3v) is 2.15. The fourth-order valence-corrected chi connectivity index (χ4v) is 1.38. The minimum absolute atomic E-state index is 0.323. The topological polar surface area (TPSA) is 55.4 Å². The van der Waals surface area contributed by atoms with Gasteiger partial charge in [0.25, 0.3) is 0 Å². The number of esters is 1. The van der Waals surface area contributed by atoms with Crippen molar-refractivity contribution in [1.29, 1.82) is 0 Å². The lowest BCUT2D eigenvalue weighted by Crippen LogP contribution is -1.99. The van der Waals surface area contributed by atoms with Crippen LogP contribution in [-0.4, -0.2) is 19.0 Å². The summed E-state index contributed by atoms with van der Waals surface area (Å²) >= 11 is 5.79. The van der Waals surface area contributed by atoms with Gasteiger partial charge in [-0.2, -0.15) is 0 Å². The fraction of sp³-hybridized carbons (Fsp3) is 0.167. The number of ether oxygens (including phenoxy) is 1. The Morgan fingerprint density at radius 3 is 2.94 bits per heavy atom. The summed E-state index contributed by atoms with van der Waals surface area (Å²) in [5.41, 5.74) is 1.21. The van der Waals surface area contributed by atoms with Crippen molar-refractivity contribution in [2.75, 3.05) is 11.9 Å². The molecule has 0 saturated carbocycles. The summed E-state index contributed by atoms with van der Waals surface area (Å²) in [6.45, 7) is 2.05. The summed E-state index contributed by atoms with van der Waals surface area (Å²) in [5, 5.41) is 3.01. The highest BCUT2D eigenvalue weighted by Gasteiger charge is 2.01. The Hall–Kier alpha value is -1.81. The van der Waals surface area contributed by atoms with Gasteiger partial charge < -0.3 is 10.1 Å². The molecule has 0 aliphatic heterocycles. The number of anilines is 1. The highest BCUT2D eigenvalue weighted by Crippen LogP contribution is 2.21. The molecule has 0 aliphatic carbocycles. The van der Waals surface area contributed by atoms with Gasteiger partial charge in [0.05, 0.1) is 6.61 Å². The minimum atomic E-state index is -0.431. The van der Waals surface area contributed by atoms with Gasteiger partial charge in [0.15, 0.2) is 0 Å². The molecule has 1 rings (SSSR count). The molecule has 0 unspecified atom stereocenters. The van der Waals surface area contributed by atoms with Gasteiger partial charge in [-0.15, -0.1) is 0 Å². The van der Waals surface area contributed by atoms with Crippen LogP contribution in [0.25, 0.3) is 6.08 Å². The third-order valence-electron chi connectivity index (χ3n) is 1.92. The molecule has 0 aromatic heterocycles. The standard InChI is InChI=1S/C12H12ClNO3/c1-2-17-12(16)6-4-9-3-5-10(13)7-11(9)14-8-15/h3-8H,2H2,1H3,(H,14,15). The predicted octanol–water partition coefficient (Wildman–Crippen LogP) is 2.48. The number of carbonyl (C=O) groups is 2. The van der Waals surface area contributed by atoms with Crippen molar-refractivity contribution in [1.82, 2.24) is 0 Å². The smallest absolute Gasteiger partial charge is 0.330 e. The molecule has 1 amide bonds. The molecule has 17 heavy (non-hydrogen) atoms. The Labute approximate surface area is 104 Å². The van der Waals surface area contributed by atoms with E-state index in [2.05, 4.69) is 5.32 Å². The Bertz CT molecular complexity index is 443. The first kappa shape index (κ1) is 13.3. The fourth-order valence-electron chi connectivity index (χ4n) is 1.21. The Morgan fingerprint density at radius 1 is 1.53 bits per heavy atom. The summed E-state index contributed by atoms with van der Waals surface area (Å²) in [4.78, 5) is 21.5. The Kier molecular flexibility index (Phi) is 5.23. The molecule has 5 heteroatoms. The van der Waals surface area contributed by atoms with Gasteiger partial charge in [-0.05, 0) is 30.7 Å². The van der Waals surface area contributed by atoms with E-state index in [9.17, 15) is 9.59 Å². The summed E-state index contributed by atoms with van der Waals surface area (Å²) < 4.78 is 4.75. The molecule has 0 bridgehead atoms. The van der Waals surface area contributed by atoms with Crippen molar-refractivity contribution in [3.05, 3.63) is 34.9 Å². The van der Waals surface area contributed by atoms with E-state index in [1.807, 2.05) is 0 Å². The first-order valence-electron chi connectivity index (χ1n) is 5.02. The average Bonchev–Trinajstić information content (AvgIpc) is 2.29. The molecule has 0 atom stereocenters. The van der Waals surface area contributed by atoms with E-state index < -0.39 is 5.97 Å². The summed E-state index contributed by atoms with van der Waals surface area (Å²) in [7, 11) is 0. The molecule has 1 aromatic carbocycles. The van der Waals surface area contributed by atoms with Gasteiger partial charge in [-0.1, -0.05) is 17.7 Å². The molecule has 0 radical (unpaired) electrons. The van der Waals surface area contributed by atoms with Crippen LogP contribution in [0.3, 0.4) is 0 Å². The number of amides is 1. The number of hydrogen-bond donors (Lipinski definition) is 1. The second kappa shape index (κ2) is 6.70. The van der Waals surface area contributed by atoms with Crippen molar-refractivity contribution in [2.45, 2.75) is 6.92 Å². The normalized spacial score (nSPS) is 10.2. The molecular weight excluding hydrogens is 242 g/mol. The maximum atomic E-state index is 11.1. The van der Waals surface area contributed by atoms with Crippen molar-refractivity contribution < 1.29 is 14.3 Å².